The van der Waals surface area contributed by atoms with Crippen LogP contribution in [-0.4, -0.2) is 28.2 Å². The van der Waals surface area contributed by atoms with Crippen molar-refractivity contribution in [1.29, 1.82) is 0 Å². The number of carbonyl (C=O) groups is 2. The second kappa shape index (κ2) is 5.47. The van der Waals surface area contributed by atoms with Gasteiger partial charge in [-0.25, -0.2) is 4.79 Å². The molecule has 2 N–H and O–H groups in total. The van der Waals surface area contributed by atoms with Crippen molar-refractivity contribution in [2.24, 2.45) is 5.92 Å². The lowest BCUT2D eigenvalue weighted by Gasteiger charge is -2.19. The van der Waals surface area contributed by atoms with Crippen LogP contribution >= 0.6 is 0 Å². The van der Waals surface area contributed by atoms with E-state index >= 15 is 0 Å². The molecule has 1 amide bonds. The van der Waals surface area contributed by atoms with Crippen molar-refractivity contribution in [3.8, 4) is 0 Å². The van der Waals surface area contributed by atoms with Gasteiger partial charge in [-0.3, -0.25) is 4.79 Å². The second-order valence-corrected chi connectivity index (χ2v) is 3.97. The van der Waals surface area contributed by atoms with E-state index in [4.69, 9.17) is 9.63 Å². The molecule has 1 unspecified atom stereocenters. The third kappa shape index (κ3) is 3.05. The number of aromatic nitrogens is 1. The van der Waals surface area contributed by atoms with Gasteiger partial charge in [0, 0.05) is 0 Å². The molecule has 1 aromatic rings. The third-order valence-corrected chi connectivity index (χ3v) is 2.76. The highest BCUT2D eigenvalue weighted by Gasteiger charge is 2.26. The average Bonchev–Trinajstić information content (AvgIpc) is 2.70. The molecule has 6 nitrogen and oxygen atoms in total. The van der Waals surface area contributed by atoms with Crippen LogP contribution in [0.5, 0.6) is 0 Å². The van der Waals surface area contributed by atoms with Crippen LogP contribution in [0.2, 0.25) is 0 Å². The summed E-state index contributed by atoms with van der Waals surface area (Å²) < 4.78 is 4.76. The van der Waals surface area contributed by atoms with Crippen LogP contribution in [0.4, 0.5) is 0 Å². The summed E-state index contributed by atoms with van der Waals surface area (Å²) in [5, 5.41) is 15.0. The summed E-state index contributed by atoms with van der Waals surface area (Å²) in [6, 6.07) is -0.901. The summed E-state index contributed by atoms with van der Waals surface area (Å²) in [6.07, 6.45) is 1.94. The van der Waals surface area contributed by atoms with Gasteiger partial charge in [0.25, 0.3) is 5.91 Å². The SMILES string of the molecule is CCC(C)[C@H](NC(=O)c1cnoc1C)C(=O)O. The molecule has 0 radical (unpaired) electrons. The lowest BCUT2D eigenvalue weighted by molar-refractivity contribution is -0.140. The highest BCUT2D eigenvalue weighted by Crippen LogP contribution is 2.11. The fourth-order valence-corrected chi connectivity index (χ4v) is 1.42. The van der Waals surface area contributed by atoms with E-state index in [2.05, 4.69) is 10.5 Å². The van der Waals surface area contributed by atoms with Gasteiger partial charge < -0.3 is 14.9 Å². The minimum Gasteiger partial charge on any atom is -0.480 e. The molecule has 17 heavy (non-hydrogen) atoms. The van der Waals surface area contributed by atoms with Gasteiger partial charge in [0.15, 0.2) is 0 Å². The first kappa shape index (κ1) is 13.2. The van der Waals surface area contributed by atoms with Crippen LogP contribution in [-0.2, 0) is 4.79 Å². The lowest BCUT2D eigenvalue weighted by atomic mass is 9.99. The van der Waals surface area contributed by atoms with Crippen molar-refractivity contribution in [1.82, 2.24) is 10.5 Å². The van der Waals surface area contributed by atoms with Crippen LogP contribution in [0.3, 0.4) is 0 Å². The molecule has 1 heterocycles. The molecule has 0 aliphatic rings. The molecule has 94 valence electrons. The van der Waals surface area contributed by atoms with Gasteiger partial charge in [0.05, 0.1) is 6.20 Å². The zero-order valence-electron chi connectivity index (χ0n) is 10.1. The van der Waals surface area contributed by atoms with Crippen molar-refractivity contribution < 1.29 is 19.2 Å². The predicted octanol–water partition coefficient (Wildman–Crippen LogP) is 1.21. The standard InChI is InChI=1S/C11H16N2O4/c1-4-6(2)9(11(15)16)13-10(14)8-5-12-17-7(8)3/h5-6,9H,4H2,1-3H3,(H,13,14)(H,15,16)/t6?,9-/m0/s1. The van der Waals surface area contributed by atoms with E-state index in [1.165, 1.54) is 6.20 Å². The quantitative estimate of drug-likeness (QED) is 0.807. The lowest BCUT2D eigenvalue weighted by Crippen LogP contribution is -2.45. The van der Waals surface area contributed by atoms with Crippen molar-refractivity contribution in [2.45, 2.75) is 33.2 Å². The second-order valence-electron chi connectivity index (χ2n) is 3.97. The molecule has 0 aliphatic heterocycles. The molecule has 0 saturated carbocycles. The number of carbonyl (C=O) groups excluding carboxylic acids is 1. The predicted molar refractivity (Wildman–Crippen MR) is 59.6 cm³/mol. The van der Waals surface area contributed by atoms with E-state index in [0.29, 0.717) is 12.2 Å². The van der Waals surface area contributed by atoms with Gasteiger partial charge in [0.2, 0.25) is 0 Å². The number of hydrogen-bond acceptors (Lipinski definition) is 4. The molecule has 0 fully saturated rings. The number of rotatable bonds is 5. The van der Waals surface area contributed by atoms with Gasteiger partial charge in [-0.15, -0.1) is 0 Å². The number of nitrogens with zero attached hydrogens (tertiary/aromatic N) is 1. The summed E-state index contributed by atoms with van der Waals surface area (Å²) >= 11 is 0. The average molecular weight is 240 g/mol. The maximum absolute atomic E-state index is 11.8. The summed E-state index contributed by atoms with van der Waals surface area (Å²) in [6.45, 7) is 5.25. The zero-order chi connectivity index (χ0) is 13.0. The minimum absolute atomic E-state index is 0.142. The Morgan fingerprint density at radius 2 is 2.24 bits per heavy atom. The Balaban J connectivity index is 2.78. The number of carboxylic acids is 1. The fraction of sp³-hybridized carbons (Fsp3) is 0.545. The summed E-state index contributed by atoms with van der Waals surface area (Å²) in [5.41, 5.74) is 0.263. The number of aliphatic carboxylic acids is 1. The molecule has 0 bridgehead atoms. The first-order valence-corrected chi connectivity index (χ1v) is 5.42. The van der Waals surface area contributed by atoms with Crippen LogP contribution in [0, 0.1) is 12.8 Å². The molecular formula is C11H16N2O4. The van der Waals surface area contributed by atoms with Gasteiger partial charge in [-0.1, -0.05) is 25.4 Å². The van der Waals surface area contributed by atoms with Gasteiger partial charge >= 0.3 is 5.97 Å². The van der Waals surface area contributed by atoms with Crippen LogP contribution in [0.15, 0.2) is 10.7 Å². The highest BCUT2D eigenvalue weighted by atomic mass is 16.5. The number of carboxylic acid groups (broad SMARTS) is 1. The molecule has 1 aromatic heterocycles. The van der Waals surface area contributed by atoms with E-state index < -0.39 is 17.9 Å². The maximum atomic E-state index is 11.8. The van der Waals surface area contributed by atoms with Crippen molar-refractivity contribution in [2.75, 3.05) is 0 Å². The van der Waals surface area contributed by atoms with Crippen molar-refractivity contribution >= 4 is 11.9 Å². The van der Waals surface area contributed by atoms with Crippen molar-refractivity contribution in [3.05, 3.63) is 17.5 Å². The molecule has 6 heteroatoms. The molecule has 0 aliphatic carbocycles. The summed E-state index contributed by atoms with van der Waals surface area (Å²) in [7, 11) is 0. The first-order chi connectivity index (χ1) is 7.97. The Kier molecular flexibility index (Phi) is 4.25. The van der Waals surface area contributed by atoms with E-state index in [-0.39, 0.29) is 11.5 Å². The monoisotopic (exact) mass is 240 g/mol. The summed E-state index contributed by atoms with van der Waals surface area (Å²) in [4.78, 5) is 22.8. The van der Waals surface area contributed by atoms with E-state index in [1.54, 1.807) is 13.8 Å². The van der Waals surface area contributed by atoms with E-state index in [9.17, 15) is 9.59 Å². The van der Waals surface area contributed by atoms with Crippen molar-refractivity contribution in [3.63, 3.8) is 0 Å². The molecular weight excluding hydrogens is 224 g/mol. The molecule has 0 aromatic carbocycles. The van der Waals surface area contributed by atoms with E-state index in [1.807, 2.05) is 6.92 Å². The number of aryl methyl sites for hydroxylation is 1. The number of hydrogen-bond donors (Lipinski definition) is 2. The zero-order valence-corrected chi connectivity index (χ0v) is 10.1. The van der Waals surface area contributed by atoms with Gasteiger partial charge in [-0.05, 0) is 12.8 Å². The topological polar surface area (TPSA) is 92.4 Å². The largest absolute Gasteiger partial charge is 0.480 e. The molecule has 0 spiro atoms. The molecule has 1 rings (SSSR count). The van der Waals surface area contributed by atoms with Gasteiger partial charge in [-0.2, -0.15) is 0 Å². The number of nitrogens with one attached hydrogen (secondary N) is 1. The summed E-state index contributed by atoms with van der Waals surface area (Å²) in [5.74, 6) is -1.29. The Hall–Kier alpha value is -1.85. The van der Waals surface area contributed by atoms with Gasteiger partial charge in [0.1, 0.15) is 17.4 Å². The smallest absolute Gasteiger partial charge is 0.326 e. The van der Waals surface area contributed by atoms with E-state index in [0.717, 1.165) is 0 Å². The normalized spacial score (nSPS) is 14.1. The van der Waals surface area contributed by atoms with Crippen LogP contribution in [0.25, 0.3) is 0 Å². The first-order valence-electron chi connectivity index (χ1n) is 5.42. The number of amides is 1. The Bertz CT molecular complexity index is 413. The molecule has 0 saturated heterocycles. The Labute approximate surface area is 99.0 Å². The fourth-order valence-electron chi connectivity index (χ4n) is 1.42. The minimum atomic E-state index is -1.04. The van der Waals surface area contributed by atoms with Crippen LogP contribution in [0.1, 0.15) is 36.4 Å². The Morgan fingerprint density at radius 3 is 2.65 bits per heavy atom. The third-order valence-electron chi connectivity index (χ3n) is 2.76. The maximum Gasteiger partial charge on any atom is 0.326 e. The van der Waals surface area contributed by atoms with Crippen LogP contribution < -0.4 is 5.32 Å². The Morgan fingerprint density at radius 1 is 1.59 bits per heavy atom. The molecule has 2 atom stereocenters. The highest BCUT2D eigenvalue weighted by molar-refractivity contribution is 5.97.